The van der Waals surface area contributed by atoms with E-state index in [0.717, 1.165) is 12.1 Å². The first kappa shape index (κ1) is 15.2. The molecule has 0 bridgehead atoms. The summed E-state index contributed by atoms with van der Waals surface area (Å²) >= 11 is 0. The van der Waals surface area contributed by atoms with Gasteiger partial charge in [-0.1, -0.05) is 46.0 Å². The zero-order valence-electron chi connectivity index (χ0n) is 12.1. The molecule has 2 nitrogen and oxygen atoms in total. The summed E-state index contributed by atoms with van der Waals surface area (Å²) in [5.41, 5.74) is 0.859. The molecule has 0 aromatic rings. The molecule has 1 N–H and O–H groups in total. The van der Waals surface area contributed by atoms with Gasteiger partial charge in [0, 0.05) is 7.11 Å². The minimum atomic E-state index is -1.66. The molecule has 1 saturated carbocycles. The Morgan fingerprint density at radius 3 is 2.35 bits per heavy atom. The van der Waals surface area contributed by atoms with Gasteiger partial charge in [0.2, 0.25) is 0 Å². The van der Waals surface area contributed by atoms with Gasteiger partial charge in [-0.25, -0.2) is 0 Å². The summed E-state index contributed by atoms with van der Waals surface area (Å²) in [5, 5.41) is 0. The molecule has 1 atom stereocenters. The summed E-state index contributed by atoms with van der Waals surface area (Å²) in [7, 11) is 0.298. The van der Waals surface area contributed by atoms with E-state index in [-0.39, 0.29) is 0 Å². The van der Waals surface area contributed by atoms with Crippen LogP contribution in [0.25, 0.3) is 0 Å². The Morgan fingerprint density at radius 2 is 1.82 bits per heavy atom. The first-order valence-corrected chi connectivity index (χ1v) is 9.78. The van der Waals surface area contributed by atoms with Crippen molar-refractivity contribution in [2.45, 2.75) is 76.8 Å². The number of nitrogens with one attached hydrogen (secondary N) is 1. The zero-order valence-corrected chi connectivity index (χ0v) is 13.1. The monoisotopic (exact) mass is 257 g/mol. The van der Waals surface area contributed by atoms with E-state index in [1.165, 1.54) is 57.4 Å². The van der Waals surface area contributed by atoms with E-state index in [1.807, 2.05) is 7.11 Å². The Morgan fingerprint density at radius 1 is 1.12 bits per heavy atom. The molecular formula is C14H31NOSi. The van der Waals surface area contributed by atoms with Crippen LogP contribution in [0.5, 0.6) is 0 Å². The molecule has 1 aliphatic rings. The molecule has 1 rings (SSSR count). The molecule has 0 heterocycles. The van der Waals surface area contributed by atoms with Crippen LogP contribution in [0.4, 0.5) is 0 Å². The fourth-order valence-electron chi connectivity index (χ4n) is 3.19. The topological polar surface area (TPSA) is 21.3 Å². The van der Waals surface area contributed by atoms with Gasteiger partial charge in [0.25, 0.3) is 8.48 Å². The van der Waals surface area contributed by atoms with Crippen LogP contribution in [0.15, 0.2) is 0 Å². The Hall–Kier alpha value is 0.137. The highest BCUT2D eigenvalue weighted by Gasteiger charge is 2.42. The van der Waals surface area contributed by atoms with E-state index in [1.54, 1.807) is 0 Å². The first-order chi connectivity index (χ1) is 8.29. The second kappa shape index (κ2) is 8.28. The fraction of sp³-hybridized carbons (Fsp3) is 1.00. The van der Waals surface area contributed by atoms with Gasteiger partial charge in [0.1, 0.15) is 0 Å². The largest absolute Gasteiger partial charge is 0.406 e. The van der Waals surface area contributed by atoms with Gasteiger partial charge in [-0.2, -0.15) is 0 Å². The maximum atomic E-state index is 6.09. The van der Waals surface area contributed by atoms with Gasteiger partial charge in [0.15, 0.2) is 0 Å². The lowest BCUT2D eigenvalue weighted by Gasteiger charge is -2.39. The Labute approximate surface area is 109 Å². The molecule has 1 unspecified atom stereocenters. The molecule has 0 amide bonds. The van der Waals surface area contributed by atoms with Gasteiger partial charge in [-0.05, 0) is 37.4 Å². The van der Waals surface area contributed by atoms with E-state index in [9.17, 15) is 0 Å². The van der Waals surface area contributed by atoms with Crippen molar-refractivity contribution in [1.29, 1.82) is 0 Å². The van der Waals surface area contributed by atoms with Crippen molar-refractivity contribution in [1.82, 2.24) is 4.98 Å². The maximum absolute atomic E-state index is 6.09. The number of hydrogen-bond donors (Lipinski definition) is 1. The highest BCUT2D eigenvalue weighted by molar-refractivity contribution is 6.72. The summed E-state index contributed by atoms with van der Waals surface area (Å²) in [4.78, 5) is 3.87. The molecule has 0 radical (unpaired) electrons. The second-order valence-electron chi connectivity index (χ2n) is 5.46. The molecule has 3 heteroatoms. The third-order valence-corrected chi connectivity index (χ3v) is 8.92. The van der Waals surface area contributed by atoms with Crippen LogP contribution < -0.4 is 4.98 Å². The number of unbranched alkanes of at least 4 members (excludes halogenated alkanes) is 1. The van der Waals surface area contributed by atoms with Crippen LogP contribution >= 0.6 is 0 Å². The van der Waals surface area contributed by atoms with Crippen LogP contribution in [0.1, 0.15) is 65.2 Å². The Balaban J connectivity index is 2.60. The van der Waals surface area contributed by atoms with Crippen LogP contribution in [0.3, 0.4) is 0 Å². The third-order valence-electron chi connectivity index (χ3n) is 4.20. The third kappa shape index (κ3) is 4.38. The van der Waals surface area contributed by atoms with Crippen molar-refractivity contribution in [3.63, 3.8) is 0 Å². The van der Waals surface area contributed by atoms with Crippen molar-refractivity contribution in [3.05, 3.63) is 0 Å². The zero-order chi connectivity index (χ0) is 12.6. The summed E-state index contributed by atoms with van der Waals surface area (Å²) in [6.45, 7) is 5.72. The summed E-state index contributed by atoms with van der Waals surface area (Å²) < 4.78 is 6.09. The second-order valence-corrected chi connectivity index (χ2v) is 9.32. The molecular weight excluding hydrogens is 226 g/mol. The van der Waals surface area contributed by atoms with E-state index < -0.39 is 8.48 Å². The molecule has 17 heavy (non-hydrogen) atoms. The maximum Gasteiger partial charge on any atom is 0.271 e. The average molecular weight is 257 g/mol. The summed E-state index contributed by atoms with van der Waals surface area (Å²) in [5.74, 6) is 0. The van der Waals surface area contributed by atoms with Gasteiger partial charge in [0.05, 0.1) is 0 Å². The van der Waals surface area contributed by atoms with Crippen molar-refractivity contribution in [2.24, 2.45) is 0 Å². The predicted octanol–water partition coefficient (Wildman–Crippen LogP) is 4.21. The van der Waals surface area contributed by atoms with Crippen LogP contribution in [-0.2, 0) is 4.43 Å². The van der Waals surface area contributed by atoms with Crippen molar-refractivity contribution < 1.29 is 4.43 Å². The molecule has 0 aromatic carbocycles. The fourth-order valence-corrected chi connectivity index (χ4v) is 7.43. The molecule has 0 saturated heterocycles. The lowest BCUT2D eigenvalue weighted by Crippen LogP contribution is -2.57. The first-order valence-electron chi connectivity index (χ1n) is 7.59. The molecule has 1 aliphatic carbocycles. The van der Waals surface area contributed by atoms with Gasteiger partial charge in [-0.15, -0.1) is 0 Å². The number of hydrogen-bond acceptors (Lipinski definition) is 2. The van der Waals surface area contributed by atoms with E-state index >= 15 is 0 Å². The minimum Gasteiger partial charge on any atom is -0.406 e. The van der Waals surface area contributed by atoms with E-state index in [2.05, 4.69) is 18.8 Å². The van der Waals surface area contributed by atoms with Crippen LogP contribution in [-0.4, -0.2) is 22.1 Å². The molecule has 0 aliphatic heterocycles. The molecule has 1 fully saturated rings. The lowest BCUT2D eigenvalue weighted by molar-refractivity contribution is 0.335. The van der Waals surface area contributed by atoms with E-state index in [0.29, 0.717) is 0 Å². The van der Waals surface area contributed by atoms with Gasteiger partial charge in [-0.3, -0.25) is 0 Å². The molecule has 0 aromatic heterocycles. The van der Waals surface area contributed by atoms with E-state index in [4.69, 9.17) is 4.43 Å². The smallest absolute Gasteiger partial charge is 0.271 e. The Kier molecular flexibility index (Phi) is 7.40. The van der Waals surface area contributed by atoms with Crippen molar-refractivity contribution >= 4 is 8.48 Å². The SMILES string of the molecule is CCCCN[Si](CCC)(OC)C1CCCCC1. The van der Waals surface area contributed by atoms with Crippen LogP contribution in [0.2, 0.25) is 11.6 Å². The lowest BCUT2D eigenvalue weighted by atomic mass is 10.0. The Bertz CT molecular complexity index is 195. The standard InChI is InChI=1S/C14H31NOSi/c1-4-6-12-15-17(16-3,13-5-2)14-10-8-7-9-11-14/h14-15H,4-13H2,1-3H3. The normalized spacial score (nSPS) is 21.4. The highest BCUT2D eigenvalue weighted by Crippen LogP contribution is 2.38. The van der Waals surface area contributed by atoms with Crippen molar-refractivity contribution in [3.8, 4) is 0 Å². The van der Waals surface area contributed by atoms with Gasteiger partial charge < -0.3 is 9.41 Å². The number of rotatable bonds is 8. The summed E-state index contributed by atoms with van der Waals surface area (Å²) in [6, 6.07) is 1.29. The van der Waals surface area contributed by atoms with Gasteiger partial charge >= 0.3 is 0 Å². The van der Waals surface area contributed by atoms with Crippen LogP contribution in [0, 0.1) is 0 Å². The minimum absolute atomic E-state index is 0.859. The quantitative estimate of drug-likeness (QED) is 0.519. The average Bonchev–Trinajstić information content (AvgIpc) is 2.39. The summed E-state index contributed by atoms with van der Waals surface area (Å²) in [6.07, 6.45) is 10.9. The molecule has 102 valence electrons. The van der Waals surface area contributed by atoms with Crippen molar-refractivity contribution in [2.75, 3.05) is 13.7 Å². The predicted molar refractivity (Wildman–Crippen MR) is 77.6 cm³/mol. The molecule has 0 spiro atoms. The highest BCUT2D eigenvalue weighted by atomic mass is 28.4.